The summed E-state index contributed by atoms with van der Waals surface area (Å²) in [6.07, 6.45) is 0.206. The monoisotopic (exact) mass is 484 g/mol. The number of rotatable bonds is 6. The van der Waals surface area contributed by atoms with Crippen molar-refractivity contribution in [3.8, 4) is 22.6 Å². The van der Waals surface area contributed by atoms with Gasteiger partial charge in [0.15, 0.2) is 11.5 Å². The summed E-state index contributed by atoms with van der Waals surface area (Å²) in [5.74, 6) is 0.164. The normalized spacial score (nSPS) is 17.3. The van der Waals surface area contributed by atoms with Crippen LogP contribution >= 0.6 is 0 Å². The number of carboxylic acids is 1. The molecular weight excluding hydrogens is 460 g/mol. The second-order valence-electron chi connectivity index (χ2n) is 8.88. The molecule has 0 radical (unpaired) electrons. The standard InChI is InChI=1S/C27H24N4O5/c32-26(9-10-27(33)34)31-23(19-5-7-20-22(11-19)29-14-28-20)13-21(30-31)17-3-1-16(2-4-17)18-6-8-24-25(12-18)36-15-35-24/h1-8,11-12,23,28-29H,9-10,13-15H2,(H,33,34). The highest BCUT2D eigenvalue weighted by atomic mass is 16.7. The molecule has 36 heavy (non-hydrogen) atoms. The first-order chi connectivity index (χ1) is 17.5. The number of carbonyl (C=O) groups is 2. The fourth-order valence-electron chi connectivity index (χ4n) is 4.74. The highest BCUT2D eigenvalue weighted by molar-refractivity contribution is 6.03. The Labute approximate surface area is 207 Å². The van der Waals surface area contributed by atoms with Gasteiger partial charge in [0, 0.05) is 12.8 Å². The van der Waals surface area contributed by atoms with Crippen LogP contribution in [-0.2, 0) is 9.59 Å². The van der Waals surface area contributed by atoms with Gasteiger partial charge >= 0.3 is 5.97 Å². The average Bonchev–Trinajstić information content (AvgIpc) is 3.65. The van der Waals surface area contributed by atoms with Crippen LogP contribution in [-0.4, -0.2) is 41.2 Å². The number of anilines is 2. The summed E-state index contributed by atoms with van der Waals surface area (Å²) < 4.78 is 10.9. The Morgan fingerprint density at radius 1 is 0.889 bits per heavy atom. The van der Waals surface area contributed by atoms with Gasteiger partial charge in [-0.25, -0.2) is 5.01 Å². The van der Waals surface area contributed by atoms with E-state index in [0.29, 0.717) is 13.1 Å². The van der Waals surface area contributed by atoms with Crippen LogP contribution in [0.3, 0.4) is 0 Å². The molecule has 1 unspecified atom stereocenters. The van der Waals surface area contributed by atoms with Crippen molar-refractivity contribution in [3.05, 3.63) is 71.8 Å². The highest BCUT2D eigenvalue weighted by Crippen LogP contribution is 2.38. The van der Waals surface area contributed by atoms with Gasteiger partial charge in [0.25, 0.3) is 0 Å². The number of amides is 1. The maximum absolute atomic E-state index is 13.0. The summed E-state index contributed by atoms with van der Waals surface area (Å²) in [5.41, 5.74) is 6.68. The van der Waals surface area contributed by atoms with Gasteiger partial charge in [-0.2, -0.15) is 5.10 Å². The van der Waals surface area contributed by atoms with Gasteiger partial charge in [-0.05, 0) is 46.5 Å². The van der Waals surface area contributed by atoms with Crippen LogP contribution < -0.4 is 20.1 Å². The molecule has 3 aliphatic rings. The van der Waals surface area contributed by atoms with E-state index in [1.54, 1.807) is 0 Å². The molecule has 0 fully saturated rings. The van der Waals surface area contributed by atoms with Crippen molar-refractivity contribution in [2.24, 2.45) is 5.10 Å². The molecule has 3 N–H and O–H groups in total. The molecule has 182 valence electrons. The first kappa shape index (κ1) is 22.0. The molecule has 3 heterocycles. The maximum Gasteiger partial charge on any atom is 0.303 e. The zero-order chi connectivity index (χ0) is 24.6. The predicted molar refractivity (Wildman–Crippen MR) is 134 cm³/mol. The van der Waals surface area contributed by atoms with Crippen LogP contribution in [0.5, 0.6) is 11.5 Å². The number of nitrogens with zero attached hydrogens (tertiary/aromatic N) is 2. The molecule has 0 aliphatic carbocycles. The molecule has 3 aromatic rings. The fourth-order valence-corrected chi connectivity index (χ4v) is 4.74. The van der Waals surface area contributed by atoms with E-state index in [1.807, 2.05) is 60.7 Å². The number of fused-ring (bicyclic) bond motifs is 2. The molecule has 1 atom stereocenters. The van der Waals surface area contributed by atoms with E-state index in [9.17, 15) is 9.59 Å². The lowest BCUT2D eigenvalue weighted by atomic mass is 9.96. The summed E-state index contributed by atoms with van der Waals surface area (Å²) in [6.45, 7) is 0.888. The van der Waals surface area contributed by atoms with E-state index < -0.39 is 5.97 Å². The molecule has 0 saturated carbocycles. The zero-order valence-electron chi connectivity index (χ0n) is 19.4. The Morgan fingerprint density at radius 3 is 2.47 bits per heavy atom. The minimum atomic E-state index is -1.00. The van der Waals surface area contributed by atoms with Crippen LogP contribution in [0.1, 0.15) is 36.4 Å². The highest BCUT2D eigenvalue weighted by Gasteiger charge is 2.33. The van der Waals surface area contributed by atoms with Crippen molar-refractivity contribution in [1.29, 1.82) is 0 Å². The van der Waals surface area contributed by atoms with E-state index in [1.165, 1.54) is 5.01 Å². The number of ether oxygens (including phenoxy) is 2. The molecule has 0 spiro atoms. The molecule has 9 nitrogen and oxygen atoms in total. The number of nitrogens with one attached hydrogen (secondary N) is 2. The first-order valence-electron chi connectivity index (χ1n) is 11.8. The number of hydrogen-bond donors (Lipinski definition) is 3. The van der Waals surface area contributed by atoms with E-state index >= 15 is 0 Å². The maximum atomic E-state index is 13.0. The van der Waals surface area contributed by atoms with Gasteiger partial charge in [-0.3, -0.25) is 9.59 Å². The van der Waals surface area contributed by atoms with Crippen molar-refractivity contribution in [3.63, 3.8) is 0 Å². The van der Waals surface area contributed by atoms with Crippen LogP contribution in [0.25, 0.3) is 11.1 Å². The van der Waals surface area contributed by atoms with Crippen molar-refractivity contribution in [1.82, 2.24) is 5.01 Å². The SMILES string of the molecule is O=C(O)CCC(=O)N1N=C(c2ccc(-c3ccc4c(c3)OCO4)cc2)CC1c1ccc2c(c1)NCN2. The molecule has 6 rings (SSSR count). The lowest BCUT2D eigenvalue weighted by Gasteiger charge is -2.22. The minimum absolute atomic E-state index is 0.101. The topological polar surface area (TPSA) is 112 Å². The van der Waals surface area contributed by atoms with Crippen molar-refractivity contribution in [2.45, 2.75) is 25.3 Å². The van der Waals surface area contributed by atoms with Gasteiger partial charge in [0.1, 0.15) is 0 Å². The minimum Gasteiger partial charge on any atom is -0.481 e. The summed E-state index contributed by atoms with van der Waals surface area (Å²) in [4.78, 5) is 24.0. The van der Waals surface area contributed by atoms with Crippen molar-refractivity contribution in [2.75, 3.05) is 24.1 Å². The fraction of sp³-hybridized carbons (Fsp3) is 0.222. The largest absolute Gasteiger partial charge is 0.481 e. The lowest BCUT2D eigenvalue weighted by molar-refractivity contribution is -0.141. The molecule has 9 heteroatoms. The number of aliphatic carboxylic acids is 1. The van der Waals surface area contributed by atoms with E-state index in [-0.39, 0.29) is 31.6 Å². The molecule has 0 saturated heterocycles. The number of carboxylic acid groups (broad SMARTS) is 1. The van der Waals surface area contributed by atoms with Crippen molar-refractivity contribution < 1.29 is 24.2 Å². The van der Waals surface area contributed by atoms with E-state index in [2.05, 4.69) is 15.7 Å². The zero-order valence-corrected chi connectivity index (χ0v) is 19.4. The van der Waals surface area contributed by atoms with Gasteiger partial charge in [0.05, 0.1) is 36.2 Å². The Hall–Kier alpha value is -4.53. The number of hydrogen-bond acceptors (Lipinski definition) is 7. The molecular formula is C27H24N4O5. The first-order valence-corrected chi connectivity index (χ1v) is 11.8. The summed E-state index contributed by atoms with van der Waals surface area (Å²) in [7, 11) is 0. The third-order valence-electron chi connectivity index (χ3n) is 6.63. The predicted octanol–water partition coefficient (Wildman–Crippen LogP) is 4.42. The summed E-state index contributed by atoms with van der Waals surface area (Å²) >= 11 is 0. The molecule has 0 aromatic heterocycles. The second-order valence-corrected chi connectivity index (χ2v) is 8.88. The van der Waals surface area contributed by atoms with Gasteiger partial charge in [-0.1, -0.05) is 36.4 Å². The van der Waals surface area contributed by atoms with Crippen LogP contribution in [0.2, 0.25) is 0 Å². The lowest BCUT2D eigenvalue weighted by Crippen LogP contribution is -2.27. The second kappa shape index (κ2) is 8.92. The van der Waals surface area contributed by atoms with E-state index in [0.717, 1.165) is 50.8 Å². The molecule has 3 aliphatic heterocycles. The molecule has 1 amide bonds. The Morgan fingerprint density at radius 2 is 1.64 bits per heavy atom. The number of hydrazone groups is 1. The number of carbonyl (C=O) groups excluding carboxylic acids is 1. The number of benzene rings is 3. The summed E-state index contributed by atoms with van der Waals surface area (Å²) in [5, 5.41) is 21.7. The van der Waals surface area contributed by atoms with E-state index in [4.69, 9.17) is 14.6 Å². The van der Waals surface area contributed by atoms with Crippen LogP contribution in [0.4, 0.5) is 11.4 Å². The van der Waals surface area contributed by atoms with Gasteiger partial charge < -0.3 is 25.2 Å². The summed E-state index contributed by atoms with van der Waals surface area (Å²) in [6, 6.07) is 19.6. The average molecular weight is 485 g/mol. The quantitative estimate of drug-likeness (QED) is 0.475. The van der Waals surface area contributed by atoms with Crippen LogP contribution in [0, 0.1) is 0 Å². The molecule has 3 aromatic carbocycles. The van der Waals surface area contributed by atoms with Crippen LogP contribution in [0.15, 0.2) is 65.8 Å². The Balaban J connectivity index is 1.27. The van der Waals surface area contributed by atoms with Gasteiger partial charge in [0.2, 0.25) is 12.7 Å². The Kier molecular flexibility index (Phi) is 5.44. The van der Waals surface area contributed by atoms with Gasteiger partial charge in [-0.15, -0.1) is 0 Å². The molecule has 0 bridgehead atoms. The third kappa shape index (κ3) is 4.08. The third-order valence-corrected chi connectivity index (χ3v) is 6.63. The Bertz CT molecular complexity index is 1390. The smallest absolute Gasteiger partial charge is 0.303 e. The van der Waals surface area contributed by atoms with Crippen molar-refractivity contribution >= 4 is 29.0 Å².